The lowest BCUT2D eigenvalue weighted by molar-refractivity contribution is -0.130. The Hall–Kier alpha value is -1.51. The maximum absolute atomic E-state index is 12.5. The molecule has 0 aromatic heterocycles. The Labute approximate surface area is 121 Å². The number of benzene rings is 1. The highest BCUT2D eigenvalue weighted by atomic mass is 16.5. The van der Waals surface area contributed by atoms with Crippen molar-refractivity contribution in [3.63, 3.8) is 0 Å². The van der Waals surface area contributed by atoms with E-state index in [1.807, 2.05) is 19.1 Å². The fourth-order valence-electron chi connectivity index (χ4n) is 3.02. The summed E-state index contributed by atoms with van der Waals surface area (Å²) in [7, 11) is 1.67. The molecule has 0 saturated heterocycles. The number of nitrogens with one attached hydrogen (secondary N) is 1. The lowest BCUT2D eigenvalue weighted by atomic mass is 9.87. The molecule has 1 fully saturated rings. The SMILES string of the molecule is COc1ccc(C)cc1C(C)NC(=O)C1(C)CCCC1. The first-order valence-electron chi connectivity index (χ1n) is 7.42. The fraction of sp³-hybridized carbons (Fsp3) is 0.588. The Morgan fingerprint density at radius 3 is 2.60 bits per heavy atom. The van der Waals surface area contributed by atoms with Gasteiger partial charge in [0.1, 0.15) is 5.75 Å². The Morgan fingerprint density at radius 2 is 2.00 bits per heavy atom. The summed E-state index contributed by atoms with van der Waals surface area (Å²) in [5, 5.41) is 3.16. The first-order chi connectivity index (χ1) is 9.46. The van der Waals surface area contributed by atoms with Crippen LogP contribution in [-0.2, 0) is 4.79 Å². The van der Waals surface area contributed by atoms with Crippen LogP contribution in [0.4, 0.5) is 0 Å². The van der Waals surface area contributed by atoms with Crippen LogP contribution >= 0.6 is 0 Å². The molecule has 0 aliphatic heterocycles. The van der Waals surface area contributed by atoms with Crippen molar-refractivity contribution in [3.05, 3.63) is 29.3 Å². The molecular formula is C17H25NO2. The van der Waals surface area contributed by atoms with E-state index in [1.54, 1.807) is 7.11 Å². The third-order valence-electron chi connectivity index (χ3n) is 4.45. The first-order valence-corrected chi connectivity index (χ1v) is 7.42. The van der Waals surface area contributed by atoms with Gasteiger partial charge in [0.2, 0.25) is 5.91 Å². The van der Waals surface area contributed by atoms with Gasteiger partial charge in [-0.15, -0.1) is 0 Å². The molecule has 110 valence electrons. The summed E-state index contributed by atoms with van der Waals surface area (Å²) in [6.07, 6.45) is 4.31. The van der Waals surface area contributed by atoms with Crippen molar-refractivity contribution < 1.29 is 9.53 Å². The molecular weight excluding hydrogens is 250 g/mol. The van der Waals surface area contributed by atoms with Crippen molar-refractivity contribution in [2.24, 2.45) is 5.41 Å². The molecule has 1 N–H and O–H groups in total. The average molecular weight is 275 g/mol. The highest BCUT2D eigenvalue weighted by Gasteiger charge is 2.36. The second-order valence-corrected chi connectivity index (χ2v) is 6.21. The minimum absolute atomic E-state index is 0.0326. The van der Waals surface area contributed by atoms with Crippen LogP contribution in [0.2, 0.25) is 0 Å². The molecule has 0 heterocycles. The summed E-state index contributed by atoms with van der Waals surface area (Å²) in [6.45, 7) is 6.15. The van der Waals surface area contributed by atoms with Gasteiger partial charge in [-0.2, -0.15) is 0 Å². The molecule has 1 saturated carbocycles. The average Bonchev–Trinajstić information content (AvgIpc) is 2.87. The summed E-state index contributed by atoms with van der Waals surface area (Å²) in [5.74, 6) is 1.01. The van der Waals surface area contributed by atoms with E-state index in [2.05, 4.69) is 25.2 Å². The van der Waals surface area contributed by atoms with E-state index in [0.717, 1.165) is 37.0 Å². The minimum Gasteiger partial charge on any atom is -0.496 e. The minimum atomic E-state index is -0.189. The zero-order valence-electron chi connectivity index (χ0n) is 13.0. The van der Waals surface area contributed by atoms with Gasteiger partial charge in [-0.25, -0.2) is 0 Å². The van der Waals surface area contributed by atoms with Crippen LogP contribution < -0.4 is 10.1 Å². The second kappa shape index (κ2) is 5.86. The highest BCUT2D eigenvalue weighted by Crippen LogP contribution is 2.38. The van der Waals surface area contributed by atoms with E-state index in [-0.39, 0.29) is 17.4 Å². The molecule has 1 atom stereocenters. The van der Waals surface area contributed by atoms with E-state index in [9.17, 15) is 4.79 Å². The normalized spacial score (nSPS) is 18.6. The number of carbonyl (C=O) groups is 1. The number of ether oxygens (including phenoxy) is 1. The molecule has 0 spiro atoms. The predicted octanol–water partition coefficient (Wildman–Crippen LogP) is 3.76. The molecule has 1 aromatic rings. The van der Waals surface area contributed by atoms with Crippen LogP contribution in [0.15, 0.2) is 18.2 Å². The van der Waals surface area contributed by atoms with Gasteiger partial charge >= 0.3 is 0 Å². The van der Waals surface area contributed by atoms with Gasteiger partial charge in [-0.3, -0.25) is 4.79 Å². The second-order valence-electron chi connectivity index (χ2n) is 6.21. The molecule has 3 heteroatoms. The number of methoxy groups -OCH3 is 1. The van der Waals surface area contributed by atoms with Crippen LogP contribution in [0.1, 0.15) is 56.7 Å². The largest absolute Gasteiger partial charge is 0.496 e. The monoisotopic (exact) mass is 275 g/mol. The van der Waals surface area contributed by atoms with Crippen molar-refractivity contribution in [3.8, 4) is 5.75 Å². The molecule has 3 nitrogen and oxygen atoms in total. The van der Waals surface area contributed by atoms with E-state index in [1.165, 1.54) is 5.56 Å². The van der Waals surface area contributed by atoms with Gasteiger partial charge in [0.25, 0.3) is 0 Å². The lowest BCUT2D eigenvalue weighted by Gasteiger charge is -2.26. The molecule has 2 rings (SSSR count). The fourth-order valence-corrected chi connectivity index (χ4v) is 3.02. The van der Waals surface area contributed by atoms with Crippen molar-refractivity contribution in [2.75, 3.05) is 7.11 Å². The van der Waals surface area contributed by atoms with Crippen molar-refractivity contribution >= 4 is 5.91 Å². The van der Waals surface area contributed by atoms with Crippen molar-refractivity contribution in [1.82, 2.24) is 5.32 Å². The number of rotatable bonds is 4. The number of hydrogen-bond donors (Lipinski definition) is 1. The molecule has 0 bridgehead atoms. The van der Waals surface area contributed by atoms with E-state index < -0.39 is 0 Å². The molecule has 20 heavy (non-hydrogen) atoms. The zero-order chi connectivity index (χ0) is 14.8. The summed E-state index contributed by atoms with van der Waals surface area (Å²) in [5.41, 5.74) is 2.03. The molecule has 0 radical (unpaired) electrons. The number of aryl methyl sites for hydroxylation is 1. The number of hydrogen-bond acceptors (Lipinski definition) is 2. The molecule has 1 aromatic carbocycles. The van der Waals surface area contributed by atoms with Gasteiger partial charge in [0, 0.05) is 11.0 Å². The summed E-state index contributed by atoms with van der Waals surface area (Å²) < 4.78 is 5.40. The lowest BCUT2D eigenvalue weighted by Crippen LogP contribution is -2.38. The third-order valence-corrected chi connectivity index (χ3v) is 4.45. The van der Waals surface area contributed by atoms with Crippen LogP contribution in [0.3, 0.4) is 0 Å². The standard InChI is InChI=1S/C17H25NO2/c1-12-7-8-15(20-4)14(11-12)13(2)18-16(19)17(3)9-5-6-10-17/h7-8,11,13H,5-6,9-10H2,1-4H3,(H,18,19). The van der Waals surface area contributed by atoms with Gasteiger partial charge in [0.15, 0.2) is 0 Å². The highest BCUT2D eigenvalue weighted by molar-refractivity contribution is 5.83. The smallest absolute Gasteiger partial charge is 0.226 e. The Kier molecular flexibility index (Phi) is 4.36. The van der Waals surface area contributed by atoms with Crippen LogP contribution in [0, 0.1) is 12.3 Å². The first kappa shape index (κ1) is 14.9. The quantitative estimate of drug-likeness (QED) is 0.908. The summed E-state index contributed by atoms with van der Waals surface area (Å²) >= 11 is 0. The molecule has 1 amide bonds. The topological polar surface area (TPSA) is 38.3 Å². The maximum Gasteiger partial charge on any atom is 0.226 e. The van der Waals surface area contributed by atoms with E-state index in [0.29, 0.717) is 0 Å². The van der Waals surface area contributed by atoms with Crippen molar-refractivity contribution in [2.45, 2.75) is 52.5 Å². The number of carbonyl (C=O) groups excluding carboxylic acids is 1. The van der Waals surface area contributed by atoms with Gasteiger partial charge in [-0.05, 0) is 32.8 Å². The predicted molar refractivity (Wildman–Crippen MR) is 80.9 cm³/mol. The maximum atomic E-state index is 12.5. The number of amides is 1. The van der Waals surface area contributed by atoms with Gasteiger partial charge in [-0.1, -0.05) is 37.5 Å². The van der Waals surface area contributed by atoms with E-state index >= 15 is 0 Å². The Balaban J connectivity index is 2.13. The zero-order valence-corrected chi connectivity index (χ0v) is 13.0. The summed E-state index contributed by atoms with van der Waals surface area (Å²) in [4.78, 5) is 12.5. The van der Waals surface area contributed by atoms with Gasteiger partial charge in [0.05, 0.1) is 13.2 Å². The third kappa shape index (κ3) is 2.97. The molecule has 1 unspecified atom stereocenters. The van der Waals surface area contributed by atoms with Crippen molar-refractivity contribution in [1.29, 1.82) is 0 Å². The molecule has 1 aliphatic carbocycles. The summed E-state index contributed by atoms with van der Waals surface area (Å²) in [6, 6.07) is 6.04. The Morgan fingerprint density at radius 1 is 1.35 bits per heavy atom. The van der Waals surface area contributed by atoms with E-state index in [4.69, 9.17) is 4.74 Å². The van der Waals surface area contributed by atoms with Gasteiger partial charge < -0.3 is 10.1 Å². The van der Waals surface area contributed by atoms with Crippen LogP contribution in [-0.4, -0.2) is 13.0 Å². The van der Waals surface area contributed by atoms with Crippen LogP contribution in [0.25, 0.3) is 0 Å². The van der Waals surface area contributed by atoms with Crippen LogP contribution in [0.5, 0.6) is 5.75 Å². The molecule has 1 aliphatic rings. The Bertz CT molecular complexity index is 490.